The fraction of sp³-hybridized carbons (Fsp3) is 0.323. The smallest absolute Gasteiger partial charge is 0.257 e. The van der Waals surface area contributed by atoms with Gasteiger partial charge in [-0.1, -0.05) is 25.1 Å². The number of hydrogen-bond acceptors (Lipinski definition) is 8. The van der Waals surface area contributed by atoms with Crippen LogP contribution in [0.15, 0.2) is 95.1 Å². The normalized spacial score (nSPS) is 19.3. The number of benzene rings is 1. The van der Waals surface area contributed by atoms with Gasteiger partial charge in [-0.15, -0.1) is 0 Å². The van der Waals surface area contributed by atoms with E-state index in [1.54, 1.807) is 12.3 Å². The first-order chi connectivity index (χ1) is 19.6. The largest absolute Gasteiger partial charge is 0.357 e. The second-order valence-corrected chi connectivity index (χ2v) is 10.1. The number of pyridine rings is 2. The molecule has 2 N–H and O–H groups in total. The van der Waals surface area contributed by atoms with E-state index in [1.807, 2.05) is 61.8 Å². The predicted octanol–water partition coefficient (Wildman–Crippen LogP) is 5.05. The summed E-state index contributed by atoms with van der Waals surface area (Å²) in [5.41, 5.74) is 2.54. The second kappa shape index (κ2) is 13.1. The number of allylic oxidation sites excluding steroid dienone is 1. The summed E-state index contributed by atoms with van der Waals surface area (Å²) >= 11 is 0. The topological polar surface area (TPSA) is 98.1 Å². The van der Waals surface area contributed by atoms with Gasteiger partial charge in [-0.25, -0.2) is 15.0 Å². The number of para-hydroxylation sites is 1. The molecule has 9 heteroatoms. The van der Waals surface area contributed by atoms with E-state index in [9.17, 15) is 4.79 Å². The van der Waals surface area contributed by atoms with Gasteiger partial charge in [-0.3, -0.25) is 14.7 Å². The molecular weight excluding hydrogens is 500 g/mol. The summed E-state index contributed by atoms with van der Waals surface area (Å²) in [6.45, 7) is 9.01. The van der Waals surface area contributed by atoms with Crippen LogP contribution in [0.2, 0.25) is 0 Å². The van der Waals surface area contributed by atoms with Crippen molar-refractivity contribution in [2.45, 2.75) is 33.2 Å². The van der Waals surface area contributed by atoms with E-state index >= 15 is 0 Å². The molecule has 1 amide bonds. The maximum atomic E-state index is 12.6. The predicted molar refractivity (Wildman–Crippen MR) is 160 cm³/mol. The zero-order valence-corrected chi connectivity index (χ0v) is 23.1. The number of rotatable bonds is 5. The van der Waals surface area contributed by atoms with Crippen molar-refractivity contribution in [3.05, 3.63) is 96.2 Å². The highest BCUT2D eigenvalue weighted by Crippen LogP contribution is 2.21. The number of aliphatic imine (C=N–C) groups is 2. The first-order valence-electron chi connectivity index (χ1n) is 13.9. The van der Waals surface area contributed by atoms with Crippen LogP contribution < -0.4 is 10.6 Å². The van der Waals surface area contributed by atoms with Crippen LogP contribution in [-0.2, 0) is 6.54 Å². The molecule has 206 valence electrons. The minimum atomic E-state index is -0.196. The number of nitrogens with one attached hydrogen (secondary N) is 2. The van der Waals surface area contributed by atoms with Crippen molar-refractivity contribution in [1.82, 2.24) is 19.8 Å². The summed E-state index contributed by atoms with van der Waals surface area (Å²) in [5, 5.41) is 6.26. The molecule has 0 saturated carbocycles. The van der Waals surface area contributed by atoms with Gasteiger partial charge in [0, 0.05) is 69.3 Å². The number of amidine groups is 2. The molecule has 1 unspecified atom stereocenters. The fourth-order valence-corrected chi connectivity index (χ4v) is 4.81. The summed E-state index contributed by atoms with van der Waals surface area (Å²) < 4.78 is 0. The van der Waals surface area contributed by atoms with Crippen LogP contribution in [0.3, 0.4) is 0 Å². The molecule has 3 aromatic rings. The molecule has 1 aromatic carbocycles. The first-order valence-corrected chi connectivity index (χ1v) is 13.9. The van der Waals surface area contributed by atoms with Crippen LogP contribution in [0.25, 0.3) is 0 Å². The minimum Gasteiger partial charge on any atom is -0.357 e. The van der Waals surface area contributed by atoms with Gasteiger partial charge in [-0.05, 0) is 61.4 Å². The molecule has 1 fully saturated rings. The summed E-state index contributed by atoms with van der Waals surface area (Å²) in [7, 11) is 0. The molecule has 0 aliphatic carbocycles. The number of nitrogens with zero attached hydrogens (tertiary/aromatic N) is 6. The van der Waals surface area contributed by atoms with Crippen LogP contribution in [0.5, 0.6) is 0 Å². The zero-order chi connectivity index (χ0) is 27.7. The van der Waals surface area contributed by atoms with E-state index in [0.717, 1.165) is 62.9 Å². The molecule has 0 radical (unpaired) electrons. The van der Waals surface area contributed by atoms with E-state index in [-0.39, 0.29) is 11.8 Å². The lowest BCUT2D eigenvalue weighted by Gasteiger charge is -2.37. The van der Waals surface area contributed by atoms with Gasteiger partial charge < -0.3 is 15.5 Å². The summed E-state index contributed by atoms with van der Waals surface area (Å²) in [6.07, 6.45) is 9.05. The number of aromatic nitrogens is 2. The Morgan fingerprint density at radius 2 is 1.77 bits per heavy atom. The lowest BCUT2D eigenvalue weighted by atomic mass is 10.0. The van der Waals surface area contributed by atoms with E-state index in [1.165, 1.54) is 5.56 Å². The number of hydrogen-bond donors (Lipinski definition) is 2. The molecule has 1 saturated heterocycles. The molecule has 2 aromatic heterocycles. The Balaban J connectivity index is 1.21. The van der Waals surface area contributed by atoms with Crippen LogP contribution >= 0.6 is 0 Å². The Labute approximate surface area is 235 Å². The molecular formula is C31H36N8O. The van der Waals surface area contributed by atoms with Crippen molar-refractivity contribution < 1.29 is 4.79 Å². The van der Waals surface area contributed by atoms with E-state index in [4.69, 9.17) is 9.98 Å². The Morgan fingerprint density at radius 1 is 1.00 bits per heavy atom. The highest BCUT2D eigenvalue weighted by molar-refractivity contribution is 6.04. The number of piperazine rings is 1. The van der Waals surface area contributed by atoms with Crippen molar-refractivity contribution in [2.24, 2.45) is 15.9 Å². The number of carbonyl (C=O) groups excluding carboxylic acids is 1. The lowest BCUT2D eigenvalue weighted by molar-refractivity contribution is 0.102. The molecule has 5 rings (SSSR count). The highest BCUT2D eigenvalue weighted by atomic mass is 16.1. The minimum absolute atomic E-state index is 0.191. The third-order valence-corrected chi connectivity index (χ3v) is 7.21. The van der Waals surface area contributed by atoms with E-state index in [2.05, 4.69) is 49.5 Å². The molecule has 40 heavy (non-hydrogen) atoms. The maximum absolute atomic E-state index is 12.6. The molecule has 9 nitrogen and oxygen atoms in total. The van der Waals surface area contributed by atoms with Crippen molar-refractivity contribution in [2.75, 3.05) is 36.8 Å². The Bertz CT molecular complexity index is 1360. The van der Waals surface area contributed by atoms with Gasteiger partial charge in [0.05, 0.1) is 5.56 Å². The van der Waals surface area contributed by atoms with Gasteiger partial charge >= 0.3 is 0 Å². The first kappa shape index (κ1) is 27.2. The lowest BCUT2D eigenvalue weighted by Crippen LogP contribution is -2.48. The molecule has 4 heterocycles. The third-order valence-electron chi connectivity index (χ3n) is 7.21. The van der Waals surface area contributed by atoms with Crippen molar-refractivity contribution in [3.63, 3.8) is 0 Å². The fourth-order valence-electron chi connectivity index (χ4n) is 4.81. The van der Waals surface area contributed by atoms with Crippen LogP contribution in [0.4, 0.5) is 11.5 Å². The van der Waals surface area contributed by atoms with Crippen LogP contribution in [0.1, 0.15) is 42.6 Å². The van der Waals surface area contributed by atoms with Crippen molar-refractivity contribution in [1.29, 1.82) is 0 Å². The van der Waals surface area contributed by atoms with E-state index < -0.39 is 0 Å². The number of anilines is 2. The molecule has 1 atom stereocenters. The molecule has 2 aliphatic heterocycles. The standard InChI is InChI=1S/C31H36N8O/c1-3-27-35-29(39-19-17-38(18-20-39)22-24-13-15-32-16-14-24)12-9-23(2)30(36-27)37-28-11-10-25(21-33-28)31(40)34-26-7-5-4-6-8-26/h3-8,10-11,13-16,21,23H,9,12,17-20,22H2,1-2H3,(H,34,40)(H,33,36,37)/b27-3+,35-29?. The Hall–Kier alpha value is -4.37. The third kappa shape index (κ3) is 7.18. The zero-order valence-electron chi connectivity index (χ0n) is 23.1. The summed E-state index contributed by atoms with van der Waals surface area (Å²) in [4.78, 5) is 35.9. The van der Waals surface area contributed by atoms with Gasteiger partial charge in [0.1, 0.15) is 17.5 Å². The molecule has 0 bridgehead atoms. The van der Waals surface area contributed by atoms with Crippen LogP contribution in [0, 0.1) is 5.92 Å². The van der Waals surface area contributed by atoms with Crippen molar-refractivity contribution in [3.8, 4) is 0 Å². The van der Waals surface area contributed by atoms with Crippen molar-refractivity contribution >= 4 is 29.1 Å². The van der Waals surface area contributed by atoms with Gasteiger partial charge in [0.15, 0.2) is 5.82 Å². The van der Waals surface area contributed by atoms with E-state index in [0.29, 0.717) is 17.2 Å². The molecule has 0 spiro atoms. The Morgan fingerprint density at radius 3 is 2.48 bits per heavy atom. The van der Waals surface area contributed by atoms with Gasteiger partial charge in [0.25, 0.3) is 5.91 Å². The highest BCUT2D eigenvalue weighted by Gasteiger charge is 2.23. The molecule has 2 aliphatic rings. The van der Waals surface area contributed by atoms with Gasteiger partial charge in [-0.2, -0.15) is 0 Å². The summed E-state index contributed by atoms with van der Waals surface area (Å²) in [6, 6.07) is 17.1. The second-order valence-electron chi connectivity index (χ2n) is 10.1. The average molecular weight is 537 g/mol. The maximum Gasteiger partial charge on any atom is 0.257 e. The number of carbonyl (C=O) groups is 1. The van der Waals surface area contributed by atoms with Gasteiger partial charge in [0.2, 0.25) is 0 Å². The SMILES string of the molecule is C/C=C1/N=C(Nc2ccc(C(=O)Nc3ccccc3)cn2)C(C)CCC(N2CCN(Cc3ccncc3)CC2)=N1. The van der Waals surface area contributed by atoms with Crippen LogP contribution in [-0.4, -0.2) is 63.5 Å². The Kier molecular flexibility index (Phi) is 8.93. The number of amides is 1. The quantitative estimate of drug-likeness (QED) is 0.474. The monoisotopic (exact) mass is 536 g/mol. The summed E-state index contributed by atoms with van der Waals surface area (Å²) in [5.74, 6) is 3.27. The average Bonchev–Trinajstić information content (AvgIpc) is 2.99.